The number of hydrogen-bond donors (Lipinski definition) is 1. The van der Waals surface area contributed by atoms with Gasteiger partial charge in [0.1, 0.15) is 0 Å². The molecule has 0 spiro atoms. The van der Waals surface area contributed by atoms with Crippen molar-refractivity contribution in [3.63, 3.8) is 0 Å². The van der Waals surface area contributed by atoms with Gasteiger partial charge in [0.15, 0.2) is 0 Å². The molecular weight excluding hydrogens is 208 g/mol. The summed E-state index contributed by atoms with van der Waals surface area (Å²) in [7, 11) is 0. The molecular formula is C8H18O4Ti. The summed E-state index contributed by atoms with van der Waals surface area (Å²) >= 11 is 0. The monoisotopic (exact) mass is 226 g/mol. The molecule has 0 radical (unpaired) electrons. The van der Waals surface area contributed by atoms with Crippen LogP contribution in [0.1, 0.15) is 34.6 Å². The standard InChI is InChI=1S/2C3H7O.C2H4O2.Ti/c2*1-3(2)4;1-2(3)4;/h2*3H,1-2H3;1H3,(H,3,4);/q2*-1;;+2. The second-order valence-electron chi connectivity index (χ2n) is 2.62. The molecule has 0 amide bonds. The Morgan fingerprint density at radius 1 is 1.08 bits per heavy atom. The van der Waals surface area contributed by atoms with E-state index in [1.807, 2.05) is 0 Å². The minimum Gasteiger partial charge on any atom is -0.852 e. The molecule has 78 valence electrons. The molecule has 0 rings (SSSR count). The van der Waals surface area contributed by atoms with Gasteiger partial charge in [0.2, 0.25) is 0 Å². The van der Waals surface area contributed by atoms with E-state index in [0.717, 1.165) is 6.92 Å². The van der Waals surface area contributed by atoms with Crippen molar-refractivity contribution >= 4 is 5.97 Å². The Morgan fingerprint density at radius 3 is 1.08 bits per heavy atom. The van der Waals surface area contributed by atoms with Crippen LogP contribution < -0.4 is 10.2 Å². The first kappa shape index (κ1) is 23.2. The number of hydrogen-bond acceptors (Lipinski definition) is 3. The number of carboxylic acid groups (broad SMARTS) is 1. The van der Waals surface area contributed by atoms with Crippen molar-refractivity contribution in [1.29, 1.82) is 0 Å². The fourth-order valence-electron chi connectivity index (χ4n) is 0. The van der Waals surface area contributed by atoms with Crippen LogP contribution in [-0.2, 0) is 26.5 Å². The molecule has 0 aliphatic carbocycles. The van der Waals surface area contributed by atoms with E-state index in [1.54, 1.807) is 27.7 Å². The largest absolute Gasteiger partial charge is 2.00 e. The quantitative estimate of drug-likeness (QED) is 0.569. The third-order valence-corrected chi connectivity index (χ3v) is 0. The van der Waals surface area contributed by atoms with Gasteiger partial charge in [0.25, 0.3) is 5.97 Å². The molecule has 0 saturated carbocycles. The zero-order valence-corrected chi connectivity index (χ0v) is 10.4. The minimum atomic E-state index is -0.833. The summed E-state index contributed by atoms with van der Waals surface area (Å²) in [6.45, 7) is 7.53. The molecule has 0 unspecified atom stereocenters. The molecule has 0 heterocycles. The summed E-state index contributed by atoms with van der Waals surface area (Å²) in [5, 5.41) is 26.5. The van der Waals surface area contributed by atoms with Gasteiger partial charge in [-0.1, -0.05) is 27.7 Å². The van der Waals surface area contributed by atoms with Gasteiger partial charge >= 0.3 is 21.7 Å². The van der Waals surface area contributed by atoms with Crippen LogP contribution in [0.2, 0.25) is 0 Å². The first-order valence-corrected chi connectivity index (χ1v) is 3.71. The van der Waals surface area contributed by atoms with E-state index in [9.17, 15) is 10.2 Å². The molecule has 1 N–H and O–H groups in total. The van der Waals surface area contributed by atoms with Crippen molar-refractivity contribution in [2.45, 2.75) is 46.8 Å². The molecule has 0 aliphatic heterocycles. The molecule has 5 heteroatoms. The zero-order valence-electron chi connectivity index (χ0n) is 8.83. The van der Waals surface area contributed by atoms with Gasteiger partial charge in [-0.2, -0.15) is 0 Å². The normalized spacial score (nSPS) is 7.46. The maximum atomic E-state index is 9.53. The maximum absolute atomic E-state index is 9.53. The van der Waals surface area contributed by atoms with Crippen LogP contribution >= 0.6 is 0 Å². The summed E-state index contributed by atoms with van der Waals surface area (Å²) < 4.78 is 0. The second kappa shape index (κ2) is 18.0. The Labute approximate surface area is 94.9 Å². The molecule has 0 aromatic carbocycles. The molecule has 13 heavy (non-hydrogen) atoms. The molecule has 0 aliphatic rings. The van der Waals surface area contributed by atoms with Gasteiger partial charge in [-0.3, -0.25) is 4.79 Å². The second-order valence-corrected chi connectivity index (χ2v) is 2.62. The Bertz CT molecular complexity index is 78.6. The van der Waals surface area contributed by atoms with E-state index in [0.29, 0.717) is 0 Å². The SMILES string of the molecule is CC(=O)O.CC(C)[O-].CC(C)[O-].[Ti+2]. The van der Waals surface area contributed by atoms with Crippen molar-refractivity contribution in [2.75, 3.05) is 0 Å². The predicted octanol–water partition coefficient (Wildman–Crippen LogP) is -0.401. The van der Waals surface area contributed by atoms with Crippen LogP contribution in [0.15, 0.2) is 0 Å². The molecule has 0 atom stereocenters. The Morgan fingerprint density at radius 2 is 1.08 bits per heavy atom. The number of rotatable bonds is 0. The average molecular weight is 226 g/mol. The molecule has 4 nitrogen and oxygen atoms in total. The molecule has 0 bridgehead atoms. The van der Waals surface area contributed by atoms with Gasteiger partial charge in [-0.25, -0.2) is 0 Å². The summed E-state index contributed by atoms with van der Waals surface area (Å²) in [6, 6.07) is 0. The van der Waals surface area contributed by atoms with Gasteiger partial charge < -0.3 is 15.3 Å². The molecule has 0 aromatic heterocycles. The summed E-state index contributed by atoms with van der Waals surface area (Å²) in [4.78, 5) is 9.00. The molecule has 0 fully saturated rings. The molecule has 0 saturated heterocycles. The average Bonchev–Trinajstić information content (AvgIpc) is 1.54. The van der Waals surface area contributed by atoms with E-state index >= 15 is 0 Å². The summed E-state index contributed by atoms with van der Waals surface area (Å²) in [5.41, 5.74) is 0. The fraction of sp³-hybridized carbons (Fsp3) is 0.875. The number of aliphatic carboxylic acids is 1. The predicted molar refractivity (Wildman–Crippen MR) is 43.6 cm³/mol. The van der Waals surface area contributed by atoms with Gasteiger partial charge in [0, 0.05) is 6.92 Å². The van der Waals surface area contributed by atoms with Crippen molar-refractivity contribution in [2.24, 2.45) is 0 Å². The number of carbonyl (C=O) groups is 1. The van der Waals surface area contributed by atoms with Gasteiger partial charge in [0.05, 0.1) is 0 Å². The van der Waals surface area contributed by atoms with Crippen LogP contribution in [0.3, 0.4) is 0 Å². The van der Waals surface area contributed by atoms with Crippen molar-refractivity contribution in [1.82, 2.24) is 0 Å². The summed E-state index contributed by atoms with van der Waals surface area (Å²) in [6.07, 6.45) is -0.833. The van der Waals surface area contributed by atoms with Crippen LogP contribution in [-0.4, -0.2) is 23.3 Å². The van der Waals surface area contributed by atoms with E-state index in [4.69, 9.17) is 9.90 Å². The Balaban J connectivity index is -0.0000000450. The van der Waals surface area contributed by atoms with E-state index < -0.39 is 18.2 Å². The van der Waals surface area contributed by atoms with Crippen LogP contribution in [0.4, 0.5) is 0 Å². The third kappa shape index (κ3) is 114000. The van der Waals surface area contributed by atoms with Crippen LogP contribution in [0.25, 0.3) is 0 Å². The summed E-state index contributed by atoms with van der Waals surface area (Å²) in [5.74, 6) is -0.833. The zero-order chi connectivity index (χ0) is 10.7. The maximum Gasteiger partial charge on any atom is 2.00 e. The Hall–Kier alpha value is 0.104. The fourth-order valence-corrected chi connectivity index (χ4v) is 0. The first-order chi connectivity index (χ1) is 5.20. The Kier molecular flexibility index (Phi) is 32.1. The van der Waals surface area contributed by atoms with Gasteiger partial charge in [-0.05, 0) is 0 Å². The van der Waals surface area contributed by atoms with E-state index in [1.165, 1.54) is 0 Å². The first-order valence-electron chi connectivity index (χ1n) is 3.71. The van der Waals surface area contributed by atoms with E-state index in [2.05, 4.69) is 0 Å². The smallest absolute Gasteiger partial charge is 0.852 e. The molecule has 0 aromatic rings. The van der Waals surface area contributed by atoms with Crippen LogP contribution in [0, 0.1) is 0 Å². The van der Waals surface area contributed by atoms with Crippen molar-refractivity contribution < 1.29 is 41.8 Å². The minimum absolute atomic E-state index is 0. The van der Waals surface area contributed by atoms with E-state index in [-0.39, 0.29) is 21.7 Å². The van der Waals surface area contributed by atoms with Crippen molar-refractivity contribution in [3.8, 4) is 0 Å². The van der Waals surface area contributed by atoms with Crippen LogP contribution in [0.5, 0.6) is 0 Å². The number of carboxylic acids is 1. The van der Waals surface area contributed by atoms with Gasteiger partial charge in [-0.15, -0.1) is 12.2 Å². The van der Waals surface area contributed by atoms with Crippen molar-refractivity contribution in [3.05, 3.63) is 0 Å². The third-order valence-electron chi connectivity index (χ3n) is 0. The topological polar surface area (TPSA) is 83.4 Å².